The number of hydrogen-bond donors (Lipinski definition) is 4. The second-order valence-electron chi connectivity index (χ2n) is 6.48. The SMILES string of the molecule is NCCC[n+]1ccc(-c2cc[n+](CCCN)cc2)cc1.[O-][Cl+3]([O-])([O-])O.[O-][Cl+3]([O-])([O-])O.[O-][Cl+3]([O-])([O-])[O-].[O-][Cl+3]([O-])([O-])[O-]. The minimum absolute atomic E-state index is 0.732. The minimum atomic E-state index is -4.94. The molecule has 2 heterocycles. The number of rotatable bonds is 7. The Morgan fingerprint density at radius 3 is 0.825 bits per heavy atom. The average Bonchev–Trinajstić information content (AvgIpc) is 2.72. The molecule has 0 aliphatic carbocycles. The van der Waals surface area contributed by atoms with E-state index in [1.165, 1.54) is 11.1 Å². The standard InChI is InChI=1S/C16H24N4.4ClHO4/c17-7-1-9-19-11-3-15(4-12-19)16-5-13-20(14-6-16)10-2-8-18;4*2-1(3,4)5/h3-6,11-14H,1-2,7-10,17-18H2;4*(H,2,3,4,5)/q+2;;;;/p-2. The van der Waals surface area contributed by atoms with Crippen LogP contribution in [0.3, 0.4) is 0 Å². The molecule has 0 unspecified atom stereocenters. The fraction of sp³-hybridized carbons (Fsp3) is 0.375. The van der Waals surface area contributed by atoms with E-state index >= 15 is 0 Å². The molecule has 0 atom stereocenters. The van der Waals surface area contributed by atoms with E-state index in [9.17, 15) is 0 Å². The van der Waals surface area contributed by atoms with E-state index in [0.29, 0.717) is 0 Å². The molecule has 2 rings (SSSR count). The number of halogens is 4. The summed E-state index contributed by atoms with van der Waals surface area (Å²) in [5, 5.41) is 0. The van der Waals surface area contributed by atoms with Gasteiger partial charge >= 0.3 is 0 Å². The lowest BCUT2D eigenvalue weighted by Gasteiger charge is -2.17. The second kappa shape index (κ2) is 21.4. The van der Waals surface area contributed by atoms with Crippen LogP contribution in [0.25, 0.3) is 11.1 Å². The molecule has 0 amide bonds. The lowest BCUT2D eigenvalue weighted by atomic mass is 10.1. The van der Waals surface area contributed by atoms with Gasteiger partial charge in [-0.25, -0.2) is 46.4 Å². The summed E-state index contributed by atoms with van der Waals surface area (Å²) in [5.74, 6) is 0. The predicted octanol–water partition coefficient (Wildman–Crippen LogP) is -17.1. The molecule has 0 bridgehead atoms. The molecule has 0 saturated carbocycles. The Morgan fingerprint density at radius 2 is 0.675 bits per heavy atom. The maximum absolute atomic E-state index is 8.60. The highest BCUT2D eigenvalue weighted by molar-refractivity contribution is 5.60. The van der Waals surface area contributed by atoms with Crippen molar-refractivity contribution in [3.05, 3.63) is 49.1 Å². The monoisotopic (exact) mass is 670 g/mol. The Labute approximate surface area is 235 Å². The first-order valence-electron chi connectivity index (χ1n) is 9.72. The number of pyridine rings is 2. The van der Waals surface area contributed by atoms with Crippen LogP contribution in [0.15, 0.2) is 49.1 Å². The van der Waals surface area contributed by atoms with Crippen LogP contribution in [0, 0.1) is 41.0 Å². The summed E-state index contributed by atoms with van der Waals surface area (Å²) in [6, 6.07) is 8.60. The van der Waals surface area contributed by atoms with Crippen LogP contribution in [0.5, 0.6) is 0 Å². The molecule has 0 aliphatic heterocycles. The number of aryl methyl sites for hydroxylation is 2. The zero-order chi connectivity index (χ0) is 32.2. The molecule has 0 radical (unpaired) electrons. The second-order valence-corrected chi connectivity index (χ2v) is 9.58. The van der Waals surface area contributed by atoms with Gasteiger partial charge in [0, 0.05) is 37.1 Å². The van der Waals surface area contributed by atoms with E-state index < -0.39 is 41.0 Å². The average molecular weight is 672 g/mol. The van der Waals surface area contributed by atoms with E-state index in [4.69, 9.17) is 86.0 Å². The number of aromatic nitrogens is 2. The van der Waals surface area contributed by atoms with Gasteiger partial charge in [0.15, 0.2) is 24.8 Å². The highest BCUT2D eigenvalue weighted by Gasteiger charge is 2.05. The van der Waals surface area contributed by atoms with E-state index in [0.717, 1.165) is 39.0 Å². The number of nitrogens with zero attached hydrogens (tertiary/aromatic N) is 2. The van der Waals surface area contributed by atoms with Gasteiger partial charge in [-0.15, -0.1) is 20.5 Å². The van der Waals surface area contributed by atoms with Crippen LogP contribution in [-0.4, -0.2) is 22.4 Å². The Morgan fingerprint density at radius 1 is 0.500 bits per heavy atom. The van der Waals surface area contributed by atoms with Crippen molar-refractivity contribution >= 4 is 0 Å². The minimum Gasteiger partial charge on any atom is -0.330 e. The van der Waals surface area contributed by atoms with Crippen LogP contribution in [-0.2, 0) is 13.1 Å². The number of hydrogen-bond acceptors (Lipinski definition) is 18. The highest BCUT2D eigenvalue weighted by Crippen LogP contribution is 2.15. The highest BCUT2D eigenvalue weighted by atomic mass is 35.7. The first kappa shape index (κ1) is 43.2. The van der Waals surface area contributed by atoms with Crippen molar-refractivity contribution in [2.75, 3.05) is 13.1 Å². The summed E-state index contributed by atoms with van der Waals surface area (Å²) in [7, 11) is -19.3. The molecule has 0 saturated heterocycles. The zero-order valence-corrected chi connectivity index (χ0v) is 23.1. The molecular formula is C16H26Cl4N4O16. The summed E-state index contributed by atoms with van der Waals surface area (Å²) in [6.45, 7) is 3.42. The maximum atomic E-state index is 8.60. The molecule has 234 valence electrons. The molecule has 0 spiro atoms. The molecule has 0 fully saturated rings. The van der Waals surface area contributed by atoms with E-state index in [2.05, 4.69) is 58.2 Å². The maximum Gasteiger partial charge on any atom is 0.169 e. The fourth-order valence-electron chi connectivity index (χ4n) is 2.15. The van der Waals surface area contributed by atoms with Crippen LogP contribution >= 0.6 is 0 Å². The topological polar surface area (TPSA) is 423 Å². The Hall–Kier alpha value is -1.26. The van der Waals surface area contributed by atoms with Crippen molar-refractivity contribution < 1.29 is 125 Å². The zero-order valence-electron chi connectivity index (χ0n) is 20.0. The third kappa shape index (κ3) is 49.7. The molecule has 40 heavy (non-hydrogen) atoms. The van der Waals surface area contributed by atoms with Crippen molar-refractivity contribution in [1.29, 1.82) is 0 Å². The van der Waals surface area contributed by atoms with Crippen LogP contribution in [0.4, 0.5) is 0 Å². The summed E-state index contributed by atoms with van der Waals surface area (Å²) in [5.41, 5.74) is 13.5. The molecule has 2 aromatic heterocycles. The summed E-state index contributed by atoms with van der Waals surface area (Å²) >= 11 is 0. The first-order chi connectivity index (χ1) is 17.8. The van der Waals surface area contributed by atoms with Gasteiger partial charge in [-0.05, 0) is 24.2 Å². The smallest absolute Gasteiger partial charge is 0.169 e. The predicted molar refractivity (Wildman–Crippen MR) is 84.0 cm³/mol. The summed E-state index contributed by atoms with van der Waals surface area (Å²) in [4.78, 5) is 0. The van der Waals surface area contributed by atoms with Crippen molar-refractivity contribution in [2.45, 2.75) is 25.9 Å². The van der Waals surface area contributed by atoms with Gasteiger partial charge in [0.2, 0.25) is 0 Å². The van der Waals surface area contributed by atoms with Crippen molar-refractivity contribution in [1.82, 2.24) is 0 Å². The van der Waals surface area contributed by atoms with Crippen LogP contribution in [0.2, 0.25) is 0 Å². The van der Waals surface area contributed by atoms with Gasteiger partial charge in [-0.3, -0.25) is 0 Å². The largest absolute Gasteiger partial charge is 0.330 e. The lowest BCUT2D eigenvalue weighted by molar-refractivity contribution is -2.00. The molecule has 0 aliphatic rings. The lowest BCUT2D eigenvalue weighted by Crippen LogP contribution is -2.68. The third-order valence-corrected chi connectivity index (χ3v) is 3.36. The van der Waals surface area contributed by atoms with Crippen molar-refractivity contribution in [3.8, 4) is 11.1 Å². The van der Waals surface area contributed by atoms with Crippen LogP contribution < -0.4 is 85.8 Å². The van der Waals surface area contributed by atoms with Gasteiger partial charge in [0.05, 0.1) is 29.8 Å². The van der Waals surface area contributed by atoms with Crippen molar-refractivity contribution in [2.24, 2.45) is 11.5 Å². The van der Waals surface area contributed by atoms with E-state index in [-0.39, 0.29) is 0 Å². The normalized spacial score (nSPS) is 11.3. The van der Waals surface area contributed by atoms with Gasteiger partial charge in [0.25, 0.3) is 0 Å². The van der Waals surface area contributed by atoms with Gasteiger partial charge in [-0.2, -0.15) is 28.0 Å². The third-order valence-electron chi connectivity index (χ3n) is 3.36. The van der Waals surface area contributed by atoms with Crippen molar-refractivity contribution in [3.63, 3.8) is 0 Å². The van der Waals surface area contributed by atoms with E-state index in [1.54, 1.807) is 0 Å². The summed E-state index contributed by atoms with van der Waals surface area (Å²) in [6.07, 6.45) is 10.5. The quantitative estimate of drug-likeness (QED) is 0.198. The molecule has 6 N–H and O–H groups in total. The van der Waals surface area contributed by atoms with Gasteiger partial charge < -0.3 is 11.5 Å². The molecule has 0 aromatic carbocycles. The fourth-order valence-corrected chi connectivity index (χ4v) is 2.15. The number of nitrogens with two attached hydrogens (primary N) is 2. The van der Waals surface area contributed by atoms with Gasteiger partial charge in [0.1, 0.15) is 13.1 Å². The molecule has 2 aromatic rings. The Bertz CT molecular complexity index is 754. The molecule has 20 nitrogen and oxygen atoms in total. The van der Waals surface area contributed by atoms with Gasteiger partial charge in [-0.1, -0.05) is 0 Å². The first-order valence-corrected chi connectivity index (χ1v) is 14.7. The Kier molecular flexibility index (Phi) is 23.2. The molecular weight excluding hydrogens is 646 g/mol. The summed E-state index contributed by atoms with van der Waals surface area (Å²) < 4.78 is 138. The van der Waals surface area contributed by atoms with Crippen LogP contribution in [0.1, 0.15) is 12.8 Å². The Balaban J connectivity index is -0.000000558. The van der Waals surface area contributed by atoms with E-state index in [1.807, 2.05) is 0 Å². The molecule has 24 heteroatoms.